The van der Waals surface area contributed by atoms with E-state index >= 15 is 0 Å². The largest absolute Gasteiger partial charge is 0.395 e. The molecule has 0 unspecified atom stereocenters. The fourth-order valence-electron chi connectivity index (χ4n) is 0.817. The first kappa shape index (κ1) is 9.41. The van der Waals surface area contributed by atoms with Gasteiger partial charge in [-0.25, -0.2) is 0 Å². The van der Waals surface area contributed by atoms with Crippen molar-refractivity contribution in [1.82, 2.24) is 5.10 Å². The van der Waals surface area contributed by atoms with Crippen molar-refractivity contribution >= 4 is 16.5 Å². The van der Waals surface area contributed by atoms with Gasteiger partial charge in [-0.1, -0.05) is 4.68 Å². The summed E-state index contributed by atoms with van der Waals surface area (Å²) in [5, 5.41) is 15.1. The van der Waals surface area contributed by atoms with Gasteiger partial charge in [-0.2, -0.15) is 0 Å². The zero-order chi connectivity index (χ0) is 9.14. The van der Waals surface area contributed by atoms with Crippen LogP contribution in [0.1, 0.15) is 5.01 Å². The second-order valence-corrected chi connectivity index (χ2v) is 3.83. The smallest absolute Gasteiger partial charge is 0.263 e. The molecule has 0 amide bonds. The minimum absolute atomic E-state index is 0.166. The number of aliphatic hydroxyl groups excluding tert-OH is 1. The van der Waals surface area contributed by atoms with E-state index in [4.69, 9.17) is 5.11 Å². The highest BCUT2D eigenvalue weighted by Gasteiger charge is 2.13. The molecule has 0 saturated heterocycles. The van der Waals surface area contributed by atoms with Crippen LogP contribution in [0.3, 0.4) is 0 Å². The first-order valence-corrected chi connectivity index (χ1v) is 4.62. The molecule has 0 fully saturated rings. The summed E-state index contributed by atoms with van der Waals surface area (Å²) in [6.45, 7) is 2.82. The number of hydrogen-bond donors (Lipinski definition) is 1. The van der Waals surface area contributed by atoms with E-state index in [-0.39, 0.29) is 6.61 Å². The summed E-state index contributed by atoms with van der Waals surface area (Å²) in [6.07, 6.45) is 0. The second kappa shape index (κ2) is 3.82. The Morgan fingerprint density at radius 2 is 2.33 bits per heavy atom. The van der Waals surface area contributed by atoms with E-state index in [1.165, 1.54) is 0 Å². The Hall–Kier alpha value is -0.680. The summed E-state index contributed by atoms with van der Waals surface area (Å²) in [4.78, 5) is 1.94. The Bertz CT molecular complexity index is 242. The third kappa shape index (κ3) is 1.92. The van der Waals surface area contributed by atoms with E-state index in [1.807, 2.05) is 30.6 Å². The lowest BCUT2D eigenvalue weighted by Crippen LogP contribution is -2.33. The predicted molar refractivity (Wildman–Crippen MR) is 48.4 cm³/mol. The van der Waals surface area contributed by atoms with Gasteiger partial charge in [0.25, 0.3) is 10.1 Å². The summed E-state index contributed by atoms with van der Waals surface area (Å²) in [6, 6.07) is 0. The van der Waals surface area contributed by atoms with Gasteiger partial charge in [0.2, 0.25) is 0 Å². The Kier molecular flexibility index (Phi) is 2.99. The predicted octanol–water partition coefficient (Wildman–Crippen LogP) is -0.295. The van der Waals surface area contributed by atoms with E-state index in [1.54, 1.807) is 11.3 Å². The van der Waals surface area contributed by atoms with Crippen molar-refractivity contribution in [2.45, 2.75) is 6.92 Å². The molecule has 0 bridgehead atoms. The Balaban J connectivity index is 2.74. The maximum Gasteiger partial charge on any atom is 0.263 e. The molecule has 1 aromatic rings. The molecule has 1 N–H and O–H groups in total. The lowest BCUT2D eigenvalue weighted by atomic mass is 10.6. The van der Waals surface area contributed by atoms with Crippen molar-refractivity contribution in [1.29, 1.82) is 0 Å². The fourth-order valence-corrected chi connectivity index (χ4v) is 1.66. The Morgan fingerprint density at radius 3 is 2.75 bits per heavy atom. The van der Waals surface area contributed by atoms with Crippen LogP contribution in [0.5, 0.6) is 0 Å². The van der Waals surface area contributed by atoms with E-state index in [2.05, 4.69) is 5.10 Å². The van der Waals surface area contributed by atoms with Gasteiger partial charge < -0.3 is 10.0 Å². The second-order valence-electron chi connectivity index (χ2n) is 2.67. The van der Waals surface area contributed by atoms with Gasteiger partial charge in [0.05, 0.1) is 6.61 Å². The quantitative estimate of drug-likeness (QED) is 0.662. The Labute approximate surface area is 76.1 Å². The highest BCUT2D eigenvalue weighted by Crippen LogP contribution is 2.15. The van der Waals surface area contributed by atoms with Gasteiger partial charge >= 0.3 is 0 Å². The molecule has 1 aromatic heterocycles. The number of aromatic nitrogens is 2. The van der Waals surface area contributed by atoms with Gasteiger partial charge in [-0.15, -0.1) is 0 Å². The summed E-state index contributed by atoms with van der Waals surface area (Å²) < 4.78 is 1.84. The lowest BCUT2D eigenvalue weighted by Gasteiger charge is -2.10. The molecular weight excluding hydrogens is 174 g/mol. The van der Waals surface area contributed by atoms with Gasteiger partial charge in [0, 0.05) is 25.6 Å². The maximum atomic E-state index is 8.70. The van der Waals surface area contributed by atoms with Crippen LogP contribution in [0.4, 0.5) is 5.13 Å². The zero-order valence-corrected chi connectivity index (χ0v) is 8.43. The number of anilines is 1. The van der Waals surface area contributed by atoms with Gasteiger partial charge in [0.15, 0.2) is 7.05 Å². The van der Waals surface area contributed by atoms with Gasteiger partial charge in [0.1, 0.15) is 0 Å². The highest BCUT2D eigenvalue weighted by molar-refractivity contribution is 7.14. The fraction of sp³-hybridized carbons (Fsp3) is 0.714. The van der Waals surface area contributed by atoms with E-state index in [9.17, 15) is 0 Å². The third-order valence-corrected chi connectivity index (χ3v) is 2.83. The monoisotopic (exact) mass is 188 g/mol. The van der Waals surface area contributed by atoms with E-state index in [0.29, 0.717) is 6.54 Å². The molecule has 0 aromatic carbocycles. The number of likely N-dealkylation sites (N-methyl/N-ethyl adjacent to an activating group) is 1. The molecule has 0 saturated carbocycles. The van der Waals surface area contributed by atoms with E-state index in [0.717, 1.165) is 10.1 Å². The molecule has 1 rings (SSSR count). The summed E-state index contributed by atoms with van der Waals surface area (Å²) in [5.41, 5.74) is 0. The van der Waals surface area contributed by atoms with Crippen molar-refractivity contribution in [2.75, 3.05) is 25.1 Å². The van der Waals surface area contributed by atoms with Gasteiger partial charge in [-0.3, -0.25) is 0 Å². The van der Waals surface area contributed by atoms with Crippen LogP contribution in [-0.2, 0) is 7.05 Å². The average Bonchev–Trinajstić information content (AvgIpc) is 2.33. The minimum Gasteiger partial charge on any atom is -0.395 e. The summed E-state index contributed by atoms with van der Waals surface area (Å²) in [5.74, 6) is 0. The first-order valence-electron chi connectivity index (χ1n) is 3.81. The molecule has 4 nitrogen and oxygen atoms in total. The topological polar surface area (TPSA) is 40.2 Å². The van der Waals surface area contributed by atoms with Crippen molar-refractivity contribution in [3.8, 4) is 0 Å². The minimum atomic E-state index is 0.166. The van der Waals surface area contributed by atoms with Gasteiger partial charge in [-0.05, 0) is 11.3 Å². The number of hydrogen-bond acceptors (Lipinski definition) is 4. The molecule has 12 heavy (non-hydrogen) atoms. The SMILES string of the molecule is Cc1sc(N(C)CCO)n[n+]1C. The molecule has 0 atom stereocenters. The summed E-state index contributed by atoms with van der Waals surface area (Å²) in [7, 11) is 3.84. The third-order valence-electron chi connectivity index (χ3n) is 1.69. The molecular formula is C7H14N3OS+. The van der Waals surface area contributed by atoms with Crippen LogP contribution in [0.2, 0.25) is 0 Å². The standard InChI is InChI=1S/C7H14N3OS/c1-6-10(3)8-7(12-6)9(2)4-5-11/h11H,4-5H2,1-3H3/q+1. The lowest BCUT2D eigenvalue weighted by molar-refractivity contribution is -0.729. The van der Waals surface area contributed by atoms with Crippen LogP contribution >= 0.6 is 11.3 Å². The van der Waals surface area contributed by atoms with Crippen LogP contribution in [0.25, 0.3) is 0 Å². The van der Waals surface area contributed by atoms with Crippen LogP contribution in [0.15, 0.2) is 0 Å². The highest BCUT2D eigenvalue weighted by atomic mass is 32.1. The molecule has 5 heteroatoms. The van der Waals surface area contributed by atoms with E-state index < -0.39 is 0 Å². The van der Waals surface area contributed by atoms with Crippen LogP contribution < -0.4 is 9.58 Å². The van der Waals surface area contributed by atoms with Crippen molar-refractivity contribution in [3.63, 3.8) is 0 Å². The molecule has 0 radical (unpaired) electrons. The molecule has 68 valence electrons. The molecule has 0 aliphatic rings. The summed E-state index contributed by atoms with van der Waals surface area (Å²) >= 11 is 1.63. The molecule has 0 spiro atoms. The molecule has 0 aliphatic carbocycles. The molecule has 0 aliphatic heterocycles. The first-order chi connectivity index (χ1) is 5.65. The maximum absolute atomic E-state index is 8.70. The van der Waals surface area contributed by atoms with Crippen LogP contribution in [-0.4, -0.2) is 30.4 Å². The number of nitrogens with zero attached hydrogens (tertiary/aromatic N) is 3. The van der Waals surface area contributed by atoms with Crippen LogP contribution in [0, 0.1) is 6.92 Å². The molecule has 1 heterocycles. The zero-order valence-electron chi connectivity index (χ0n) is 7.61. The number of aryl methyl sites for hydroxylation is 2. The normalized spacial score (nSPS) is 10.3. The van der Waals surface area contributed by atoms with Crippen molar-refractivity contribution in [2.24, 2.45) is 7.05 Å². The Morgan fingerprint density at radius 1 is 1.67 bits per heavy atom. The van der Waals surface area contributed by atoms with Crippen molar-refractivity contribution in [3.05, 3.63) is 5.01 Å². The number of aliphatic hydroxyl groups is 1. The van der Waals surface area contributed by atoms with Crippen molar-refractivity contribution < 1.29 is 9.79 Å². The average molecular weight is 188 g/mol. The number of rotatable bonds is 3.